The zero-order chi connectivity index (χ0) is 17.3. The van der Waals surface area contributed by atoms with Gasteiger partial charge in [0, 0.05) is 16.8 Å². The van der Waals surface area contributed by atoms with Crippen LogP contribution < -0.4 is 4.74 Å². The maximum Gasteiger partial charge on any atom is 0.297 e. The van der Waals surface area contributed by atoms with Gasteiger partial charge in [-0.3, -0.25) is 4.18 Å². The van der Waals surface area contributed by atoms with Crippen LogP contribution in [0.3, 0.4) is 0 Å². The molecule has 128 valence electrons. The van der Waals surface area contributed by atoms with Crippen molar-refractivity contribution in [2.75, 3.05) is 6.61 Å². The van der Waals surface area contributed by atoms with Crippen LogP contribution in [0.25, 0.3) is 0 Å². The lowest BCUT2D eigenvalue weighted by molar-refractivity contribution is 0.202. The van der Waals surface area contributed by atoms with E-state index < -0.39 is 16.2 Å². The van der Waals surface area contributed by atoms with E-state index in [9.17, 15) is 8.42 Å². The molecule has 0 bridgehead atoms. The summed E-state index contributed by atoms with van der Waals surface area (Å²) in [6.45, 7) is 4.46. The molecule has 0 N–H and O–H groups in total. The zero-order valence-corrected chi connectivity index (χ0v) is 15.9. The largest absolute Gasteiger partial charge is 0.493 e. The van der Waals surface area contributed by atoms with Crippen molar-refractivity contribution in [3.63, 3.8) is 0 Å². The maximum absolute atomic E-state index is 12.4. The van der Waals surface area contributed by atoms with Gasteiger partial charge in [0.1, 0.15) is 5.75 Å². The van der Waals surface area contributed by atoms with Crippen molar-refractivity contribution >= 4 is 26.0 Å². The van der Waals surface area contributed by atoms with Gasteiger partial charge in [-0.05, 0) is 48.4 Å². The van der Waals surface area contributed by atoms with E-state index in [0.717, 1.165) is 22.2 Å². The minimum atomic E-state index is -3.79. The lowest BCUT2D eigenvalue weighted by Gasteiger charge is -2.21. The summed E-state index contributed by atoms with van der Waals surface area (Å²) in [6, 6.07) is 12.4. The summed E-state index contributed by atoms with van der Waals surface area (Å²) in [5.74, 6) is 0.864. The molecule has 0 amide bonds. The number of ether oxygens (including phenoxy) is 1. The van der Waals surface area contributed by atoms with Crippen molar-refractivity contribution in [3.8, 4) is 5.75 Å². The van der Waals surface area contributed by atoms with E-state index in [2.05, 4.69) is 22.0 Å². The highest BCUT2D eigenvalue weighted by Gasteiger charge is 2.25. The predicted molar refractivity (Wildman–Crippen MR) is 95.9 cm³/mol. The van der Waals surface area contributed by atoms with Crippen LogP contribution in [0.5, 0.6) is 5.75 Å². The van der Waals surface area contributed by atoms with Gasteiger partial charge >= 0.3 is 0 Å². The Labute approximate surface area is 151 Å². The molecule has 0 fully saturated rings. The zero-order valence-electron chi connectivity index (χ0n) is 13.5. The highest BCUT2D eigenvalue weighted by molar-refractivity contribution is 9.10. The van der Waals surface area contributed by atoms with Crippen LogP contribution in [0, 0.1) is 0 Å². The summed E-state index contributed by atoms with van der Waals surface area (Å²) in [6.07, 6.45) is 0.418. The Morgan fingerprint density at radius 2 is 1.83 bits per heavy atom. The third-order valence-electron chi connectivity index (χ3n) is 4.32. The molecule has 1 aliphatic heterocycles. The number of fused-ring (bicyclic) bond motifs is 1. The average molecular weight is 411 g/mol. The minimum Gasteiger partial charge on any atom is -0.493 e. The third-order valence-corrected chi connectivity index (χ3v) is 6.26. The molecule has 0 radical (unpaired) electrons. The van der Waals surface area contributed by atoms with Crippen LogP contribution in [-0.4, -0.2) is 21.1 Å². The standard InChI is InChI=1S/C18H19BrO4S/c1-12(14-3-8-18-15(11-14)9-10-22-18)13(2)23-24(20,21)17-6-4-16(19)5-7-17/h3-8,11-13H,9-10H2,1-2H3/t12-,13-/m1/s1. The summed E-state index contributed by atoms with van der Waals surface area (Å²) in [5.41, 5.74) is 2.22. The number of rotatable bonds is 5. The van der Waals surface area contributed by atoms with Crippen molar-refractivity contribution < 1.29 is 17.3 Å². The fourth-order valence-corrected chi connectivity index (χ4v) is 4.11. The van der Waals surface area contributed by atoms with Gasteiger partial charge in [-0.2, -0.15) is 8.42 Å². The van der Waals surface area contributed by atoms with Crippen molar-refractivity contribution in [1.82, 2.24) is 0 Å². The molecule has 1 aliphatic rings. The molecule has 0 aromatic heterocycles. The second kappa shape index (κ2) is 6.86. The van der Waals surface area contributed by atoms with Gasteiger partial charge in [0.05, 0.1) is 17.6 Å². The molecule has 2 aromatic carbocycles. The Kier molecular flexibility index (Phi) is 4.99. The highest BCUT2D eigenvalue weighted by atomic mass is 79.9. The van der Waals surface area contributed by atoms with Gasteiger partial charge in [-0.25, -0.2) is 0 Å². The molecule has 0 aliphatic carbocycles. The molecule has 6 heteroatoms. The van der Waals surface area contributed by atoms with E-state index >= 15 is 0 Å². The van der Waals surface area contributed by atoms with Crippen molar-refractivity contribution in [3.05, 3.63) is 58.1 Å². The smallest absolute Gasteiger partial charge is 0.297 e. The van der Waals surface area contributed by atoms with Crippen LogP contribution in [0.15, 0.2) is 51.8 Å². The van der Waals surface area contributed by atoms with Crippen molar-refractivity contribution in [1.29, 1.82) is 0 Å². The average Bonchev–Trinajstić information content (AvgIpc) is 3.01. The van der Waals surface area contributed by atoms with E-state index in [0.29, 0.717) is 6.61 Å². The van der Waals surface area contributed by atoms with Crippen LogP contribution in [-0.2, 0) is 20.7 Å². The normalized spacial score (nSPS) is 16.3. The molecule has 3 rings (SSSR count). The minimum absolute atomic E-state index is 0.0545. The van der Waals surface area contributed by atoms with E-state index in [1.165, 1.54) is 17.7 Å². The molecule has 0 spiro atoms. The Bertz CT molecular complexity index is 831. The first kappa shape index (κ1) is 17.5. The molecule has 0 saturated carbocycles. The lowest BCUT2D eigenvalue weighted by atomic mass is 9.94. The molecule has 24 heavy (non-hydrogen) atoms. The Balaban J connectivity index is 1.76. The second-order valence-corrected chi connectivity index (χ2v) is 8.45. The van der Waals surface area contributed by atoms with Crippen LogP contribution in [0.4, 0.5) is 0 Å². The summed E-state index contributed by atoms with van der Waals surface area (Å²) in [4.78, 5) is 0.159. The molecule has 2 aromatic rings. The number of hydrogen-bond donors (Lipinski definition) is 0. The highest BCUT2D eigenvalue weighted by Crippen LogP contribution is 2.31. The van der Waals surface area contributed by atoms with Crippen molar-refractivity contribution in [2.45, 2.75) is 37.2 Å². The molecular formula is C18H19BrO4S. The third kappa shape index (κ3) is 3.66. The Morgan fingerprint density at radius 1 is 1.12 bits per heavy atom. The SMILES string of the molecule is C[C@@H](OS(=O)(=O)c1ccc(Br)cc1)[C@@H](C)c1ccc2c(c1)CCO2. The first-order valence-electron chi connectivity index (χ1n) is 7.81. The first-order valence-corrected chi connectivity index (χ1v) is 10.0. The van der Waals surface area contributed by atoms with Gasteiger partial charge < -0.3 is 4.74 Å². The fraction of sp³-hybridized carbons (Fsp3) is 0.333. The van der Waals surface area contributed by atoms with E-state index in [4.69, 9.17) is 8.92 Å². The van der Waals surface area contributed by atoms with Crippen LogP contribution in [0.2, 0.25) is 0 Å². The lowest BCUT2D eigenvalue weighted by Crippen LogP contribution is -2.21. The number of benzene rings is 2. The fourth-order valence-electron chi connectivity index (χ4n) is 2.70. The summed E-state index contributed by atoms with van der Waals surface area (Å²) in [7, 11) is -3.79. The van der Waals surface area contributed by atoms with E-state index in [1.807, 2.05) is 19.1 Å². The van der Waals surface area contributed by atoms with Gasteiger partial charge in [-0.15, -0.1) is 0 Å². The van der Waals surface area contributed by atoms with Gasteiger partial charge in [0.2, 0.25) is 0 Å². The Hall–Kier alpha value is -1.37. The molecule has 0 unspecified atom stereocenters. The molecule has 2 atom stereocenters. The Morgan fingerprint density at radius 3 is 2.54 bits per heavy atom. The van der Waals surface area contributed by atoms with Gasteiger partial charge in [0.15, 0.2) is 0 Å². The quantitative estimate of drug-likeness (QED) is 0.690. The topological polar surface area (TPSA) is 52.6 Å². The molecular weight excluding hydrogens is 392 g/mol. The molecule has 4 nitrogen and oxygen atoms in total. The monoisotopic (exact) mass is 410 g/mol. The summed E-state index contributed by atoms with van der Waals surface area (Å²) in [5, 5.41) is 0. The van der Waals surface area contributed by atoms with Crippen molar-refractivity contribution in [2.24, 2.45) is 0 Å². The summed E-state index contributed by atoms with van der Waals surface area (Å²) >= 11 is 3.30. The first-order chi connectivity index (χ1) is 11.4. The van der Waals surface area contributed by atoms with Gasteiger partial charge in [0.25, 0.3) is 10.1 Å². The van der Waals surface area contributed by atoms with E-state index in [1.54, 1.807) is 19.1 Å². The second-order valence-electron chi connectivity index (χ2n) is 5.96. The van der Waals surface area contributed by atoms with Crippen LogP contribution in [0.1, 0.15) is 30.9 Å². The summed E-state index contributed by atoms with van der Waals surface area (Å²) < 4.78 is 36.6. The predicted octanol–water partition coefficient (Wildman–Crippen LogP) is 4.28. The number of halogens is 1. The molecule has 1 heterocycles. The number of hydrogen-bond acceptors (Lipinski definition) is 4. The van der Waals surface area contributed by atoms with E-state index in [-0.39, 0.29) is 10.8 Å². The van der Waals surface area contributed by atoms with Crippen LogP contribution >= 0.6 is 15.9 Å². The van der Waals surface area contributed by atoms with Gasteiger partial charge in [-0.1, -0.05) is 35.0 Å². The molecule has 0 saturated heterocycles. The maximum atomic E-state index is 12.4.